The number of carbonyl (C=O) groups is 1. The summed E-state index contributed by atoms with van der Waals surface area (Å²) in [6.07, 6.45) is 3.10. The molecule has 1 amide bonds. The highest BCUT2D eigenvalue weighted by atomic mass is 79.9. The van der Waals surface area contributed by atoms with E-state index < -0.39 is 10.0 Å². The Labute approximate surface area is 162 Å². The van der Waals surface area contributed by atoms with Crippen molar-refractivity contribution >= 4 is 31.9 Å². The van der Waals surface area contributed by atoms with Gasteiger partial charge in [-0.15, -0.1) is 0 Å². The summed E-state index contributed by atoms with van der Waals surface area (Å²) in [5.41, 5.74) is 1.27. The summed E-state index contributed by atoms with van der Waals surface area (Å²) in [6.45, 7) is 6.31. The summed E-state index contributed by atoms with van der Waals surface area (Å²) in [4.78, 5) is 16.5. The van der Waals surface area contributed by atoms with Gasteiger partial charge in [-0.2, -0.15) is 4.31 Å². The maximum absolute atomic E-state index is 12.5. The normalized spacial score (nSPS) is 12.8. The molecule has 0 bridgehead atoms. The van der Waals surface area contributed by atoms with E-state index in [0.717, 1.165) is 10.0 Å². The number of hydrogen-bond acceptors (Lipinski definition) is 4. The molecular weight excluding hydrogens is 418 g/mol. The molecule has 2 rings (SSSR count). The minimum atomic E-state index is -3.48. The van der Waals surface area contributed by atoms with Crippen LogP contribution < -0.4 is 5.32 Å². The van der Waals surface area contributed by atoms with Crippen molar-refractivity contribution < 1.29 is 13.2 Å². The zero-order valence-electron chi connectivity index (χ0n) is 14.9. The molecule has 0 unspecified atom stereocenters. The van der Waals surface area contributed by atoms with Gasteiger partial charge in [0.25, 0.3) is 5.91 Å². The first-order chi connectivity index (χ1) is 12.3. The van der Waals surface area contributed by atoms with Crippen LogP contribution in [0, 0.1) is 0 Å². The van der Waals surface area contributed by atoms with Gasteiger partial charge in [-0.1, -0.05) is 26.0 Å². The molecule has 0 aliphatic carbocycles. The Morgan fingerprint density at radius 3 is 2.35 bits per heavy atom. The molecule has 0 saturated carbocycles. The summed E-state index contributed by atoms with van der Waals surface area (Å²) in [7, 11) is -3.48. The van der Waals surface area contributed by atoms with Crippen LogP contribution in [0.5, 0.6) is 0 Å². The summed E-state index contributed by atoms with van der Waals surface area (Å²) in [6, 6.07) is 8.01. The Bertz CT molecular complexity index is 866. The molecule has 0 spiro atoms. The quantitative estimate of drug-likeness (QED) is 0.716. The highest BCUT2D eigenvalue weighted by Crippen LogP contribution is 2.20. The van der Waals surface area contributed by atoms with Crippen LogP contribution in [-0.4, -0.2) is 36.7 Å². The third-order valence-corrected chi connectivity index (χ3v) is 6.54. The van der Waals surface area contributed by atoms with Crippen LogP contribution in [0.25, 0.3) is 0 Å². The van der Waals surface area contributed by atoms with Crippen molar-refractivity contribution in [2.45, 2.75) is 31.7 Å². The molecule has 140 valence electrons. The Morgan fingerprint density at radius 2 is 1.81 bits per heavy atom. The molecule has 1 N–H and O–H groups in total. The minimum Gasteiger partial charge on any atom is -0.345 e. The fraction of sp³-hybridized carbons (Fsp3) is 0.333. The lowest BCUT2D eigenvalue weighted by Crippen LogP contribution is -2.30. The molecule has 1 aromatic heterocycles. The summed E-state index contributed by atoms with van der Waals surface area (Å²) < 4.78 is 27.2. The van der Waals surface area contributed by atoms with E-state index in [1.54, 1.807) is 36.5 Å². The van der Waals surface area contributed by atoms with Crippen LogP contribution in [0.4, 0.5) is 0 Å². The number of benzene rings is 1. The largest absolute Gasteiger partial charge is 0.345 e. The van der Waals surface area contributed by atoms with E-state index >= 15 is 0 Å². The first kappa shape index (κ1) is 20.5. The lowest BCUT2D eigenvalue weighted by atomic mass is 10.1. The smallest absolute Gasteiger partial charge is 0.253 e. The molecule has 0 fully saturated rings. The first-order valence-electron chi connectivity index (χ1n) is 8.31. The predicted molar refractivity (Wildman–Crippen MR) is 104 cm³/mol. The van der Waals surface area contributed by atoms with Gasteiger partial charge in [0, 0.05) is 30.0 Å². The number of hydrogen-bond donors (Lipinski definition) is 1. The van der Waals surface area contributed by atoms with E-state index in [9.17, 15) is 13.2 Å². The van der Waals surface area contributed by atoms with Crippen LogP contribution in [0.15, 0.2) is 52.1 Å². The highest BCUT2D eigenvalue weighted by Gasteiger charge is 2.21. The second kappa shape index (κ2) is 8.75. The Morgan fingerprint density at radius 1 is 1.19 bits per heavy atom. The van der Waals surface area contributed by atoms with E-state index in [2.05, 4.69) is 26.2 Å². The maximum Gasteiger partial charge on any atom is 0.253 e. The summed E-state index contributed by atoms with van der Waals surface area (Å²) in [5.74, 6) is -0.244. The number of aromatic nitrogens is 1. The Hall–Kier alpha value is -1.77. The third kappa shape index (κ3) is 4.69. The van der Waals surface area contributed by atoms with E-state index in [-0.39, 0.29) is 16.8 Å². The van der Waals surface area contributed by atoms with Gasteiger partial charge in [0.15, 0.2) is 0 Å². The lowest BCUT2D eigenvalue weighted by molar-refractivity contribution is 0.0939. The number of amides is 1. The third-order valence-electron chi connectivity index (χ3n) is 4.04. The first-order valence-corrected chi connectivity index (χ1v) is 10.5. The summed E-state index contributed by atoms with van der Waals surface area (Å²) in [5, 5.41) is 2.88. The Kier molecular flexibility index (Phi) is 6.91. The van der Waals surface area contributed by atoms with Crippen molar-refractivity contribution in [2.24, 2.45) is 0 Å². The summed E-state index contributed by atoms with van der Waals surface area (Å²) >= 11 is 3.29. The number of halogens is 1. The molecule has 0 aliphatic heterocycles. The second-order valence-electron chi connectivity index (χ2n) is 5.75. The van der Waals surface area contributed by atoms with E-state index in [1.807, 2.05) is 20.8 Å². The van der Waals surface area contributed by atoms with Crippen molar-refractivity contribution in [3.05, 3.63) is 58.3 Å². The van der Waals surface area contributed by atoms with Gasteiger partial charge in [0.1, 0.15) is 0 Å². The average molecular weight is 440 g/mol. The second-order valence-corrected chi connectivity index (χ2v) is 8.60. The van der Waals surface area contributed by atoms with Crippen molar-refractivity contribution in [3.63, 3.8) is 0 Å². The zero-order chi connectivity index (χ0) is 19.3. The number of sulfonamides is 1. The van der Waals surface area contributed by atoms with Gasteiger partial charge in [-0.3, -0.25) is 9.78 Å². The van der Waals surface area contributed by atoms with Crippen LogP contribution in [-0.2, 0) is 10.0 Å². The number of nitrogens with zero attached hydrogens (tertiary/aromatic N) is 2. The monoisotopic (exact) mass is 439 g/mol. The van der Waals surface area contributed by atoms with Crippen molar-refractivity contribution in [2.75, 3.05) is 13.1 Å². The molecular formula is C18H22BrN3O3S. The molecule has 1 aromatic carbocycles. The molecule has 0 saturated heterocycles. The standard InChI is InChI=1S/C18H22BrN3O3S/c1-4-22(5-2)26(24,25)17-8-6-14(7-9-17)13(3)21-18(23)15-10-16(19)12-20-11-15/h6-13H,4-5H2,1-3H3,(H,21,23)/t13-/m0/s1. The number of pyridine rings is 1. The molecule has 6 nitrogen and oxygen atoms in total. The topological polar surface area (TPSA) is 79.4 Å². The average Bonchev–Trinajstić information content (AvgIpc) is 2.62. The minimum absolute atomic E-state index is 0.244. The molecule has 1 atom stereocenters. The SMILES string of the molecule is CCN(CC)S(=O)(=O)c1ccc([C@H](C)NC(=O)c2cncc(Br)c2)cc1. The predicted octanol–water partition coefficient (Wildman–Crippen LogP) is 3.37. The maximum atomic E-state index is 12.5. The lowest BCUT2D eigenvalue weighted by Gasteiger charge is -2.19. The van der Waals surface area contributed by atoms with E-state index in [4.69, 9.17) is 0 Å². The fourth-order valence-corrected chi connectivity index (χ4v) is 4.36. The highest BCUT2D eigenvalue weighted by molar-refractivity contribution is 9.10. The van der Waals surface area contributed by atoms with Crippen LogP contribution >= 0.6 is 15.9 Å². The van der Waals surface area contributed by atoms with Gasteiger partial charge in [0.05, 0.1) is 16.5 Å². The molecule has 1 heterocycles. The van der Waals surface area contributed by atoms with Gasteiger partial charge < -0.3 is 5.32 Å². The molecule has 2 aromatic rings. The zero-order valence-corrected chi connectivity index (χ0v) is 17.3. The van der Waals surface area contributed by atoms with Gasteiger partial charge in [0.2, 0.25) is 10.0 Å². The van der Waals surface area contributed by atoms with E-state index in [0.29, 0.717) is 18.7 Å². The van der Waals surface area contributed by atoms with Crippen LogP contribution in [0.3, 0.4) is 0 Å². The molecule has 0 radical (unpaired) electrons. The number of rotatable bonds is 7. The van der Waals surface area contributed by atoms with Crippen molar-refractivity contribution in [1.82, 2.24) is 14.6 Å². The Balaban J connectivity index is 2.14. The fourth-order valence-electron chi connectivity index (χ4n) is 2.54. The number of nitrogens with one attached hydrogen (secondary N) is 1. The van der Waals surface area contributed by atoms with Crippen LogP contribution in [0.2, 0.25) is 0 Å². The van der Waals surface area contributed by atoms with Crippen LogP contribution in [0.1, 0.15) is 42.7 Å². The van der Waals surface area contributed by atoms with Crippen molar-refractivity contribution in [3.8, 4) is 0 Å². The molecule has 8 heteroatoms. The van der Waals surface area contributed by atoms with Gasteiger partial charge in [-0.05, 0) is 46.6 Å². The van der Waals surface area contributed by atoms with E-state index in [1.165, 1.54) is 10.5 Å². The number of carbonyl (C=O) groups excluding carboxylic acids is 1. The molecule has 26 heavy (non-hydrogen) atoms. The van der Waals surface area contributed by atoms with Crippen molar-refractivity contribution in [1.29, 1.82) is 0 Å². The van der Waals surface area contributed by atoms with Gasteiger partial charge in [-0.25, -0.2) is 8.42 Å². The van der Waals surface area contributed by atoms with Gasteiger partial charge >= 0.3 is 0 Å². The molecule has 0 aliphatic rings.